The highest BCUT2D eigenvalue weighted by Gasteiger charge is 1.97. The van der Waals surface area contributed by atoms with Gasteiger partial charge in [-0.25, -0.2) is 0 Å². The van der Waals surface area contributed by atoms with Crippen molar-refractivity contribution in [1.29, 1.82) is 0 Å². The lowest BCUT2D eigenvalue weighted by Gasteiger charge is -1.99. The molecule has 1 amide bonds. The van der Waals surface area contributed by atoms with Gasteiger partial charge in [0.1, 0.15) is 0 Å². The molecule has 0 spiro atoms. The van der Waals surface area contributed by atoms with Gasteiger partial charge in [-0.3, -0.25) is 9.78 Å². The summed E-state index contributed by atoms with van der Waals surface area (Å²) in [6, 6.07) is 9.60. The summed E-state index contributed by atoms with van der Waals surface area (Å²) in [6.07, 6.45) is 4.76. The second-order valence-electron chi connectivity index (χ2n) is 3.15. The molecular formula is C12H10N2O. The summed E-state index contributed by atoms with van der Waals surface area (Å²) in [5.41, 5.74) is 6.89. The van der Waals surface area contributed by atoms with Crippen LogP contribution in [0.2, 0.25) is 0 Å². The van der Waals surface area contributed by atoms with Crippen LogP contribution in [0.25, 0.3) is 17.0 Å². The van der Waals surface area contributed by atoms with E-state index in [-0.39, 0.29) is 0 Å². The highest BCUT2D eigenvalue weighted by atomic mass is 16.1. The van der Waals surface area contributed by atoms with Gasteiger partial charge in [0.25, 0.3) is 0 Å². The van der Waals surface area contributed by atoms with Crippen LogP contribution < -0.4 is 5.73 Å². The fourth-order valence-corrected chi connectivity index (χ4v) is 1.44. The zero-order chi connectivity index (χ0) is 10.7. The summed E-state index contributed by atoms with van der Waals surface area (Å²) in [7, 11) is 0. The Balaban J connectivity index is 2.56. The lowest BCUT2D eigenvalue weighted by atomic mass is 10.1. The predicted octanol–water partition coefficient (Wildman–Crippen LogP) is 1.73. The van der Waals surface area contributed by atoms with E-state index in [2.05, 4.69) is 4.98 Å². The van der Waals surface area contributed by atoms with Gasteiger partial charge in [-0.05, 0) is 23.8 Å². The molecule has 15 heavy (non-hydrogen) atoms. The van der Waals surface area contributed by atoms with Crippen molar-refractivity contribution in [2.45, 2.75) is 0 Å². The van der Waals surface area contributed by atoms with Crippen molar-refractivity contribution < 1.29 is 4.79 Å². The van der Waals surface area contributed by atoms with E-state index >= 15 is 0 Å². The van der Waals surface area contributed by atoms with Crippen molar-refractivity contribution in [3.8, 4) is 0 Å². The fraction of sp³-hybridized carbons (Fsp3) is 0. The maximum atomic E-state index is 10.6. The molecule has 0 saturated carbocycles. The molecule has 0 saturated heterocycles. The maximum absolute atomic E-state index is 10.6. The number of benzene rings is 1. The molecule has 0 atom stereocenters. The van der Waals surface area contributed by atoms with E-state index in [4.69, 9.17) is 5.73 Å². The smallest absolute Gasteiger partial charge is 0.241 e. The number of hydrogen-bond donors (Lipinski definition) is 1. The summed E-state index contributed by atoms with van der Waals surface area (Å²) < 4.78 is 0. The van der Waals surface area contributed by atoms with Crippen LogP contribution in [0.4, 0.5) is 0 Å². The lowest BCUT2D eigenvalue weighted by molar-refractivity contribution is -0.113. The third-order valence-electron chi connectivity index (χ3n) is 2.11. The minimum absolute atomic E-state index is 0.448. The van der Waals surface area contributed by atoms with Crippen LogP contribution in [0, 0.1) is 0 Å². The first-order valence-electron chi connectivity index (χ1n) is 4.58. The Labute approximate surface area is 87.2 Å². The molecule has 3 nitrogen and oxygen atoms in total. The molecular weight excluding hydrogens is 188 g/mol. The van der Waals surface area contributed by atoms with Crippen LogP contribution in [-0.2, 0) is 4.79 Å². The number of nitrogens with zero attached hydrogens (tertiary/aromatic N) is 1. The molecule has 0 bridgehead atoms. The summed E-state index contributed by atoms with van der Waals surface area (Å²) in [5, 5.41) is 1.01. The number of hydrogen-bond acceptors (Lipinski definition) is 2. The number of fused-ring (bicyclic) bond motifs is 1. The monoisotopic (exact) mass is 198 g/mol. The first-order chi connectivity index (χ1) is 7.27. The van der Waals surface area contributed by atoms with Crippen LogP contribution in [0.3, 0.4) is 0 Å². The minimum atomic E-state index is -0.448. The van der Waals surface area contributed by atoms with Gasteiger partial charge in [-0.1, -0.05) is 18.2 Å². The number of nitrogens with two attached hydrogens (primary N) is 1. The normalized spacial score (nSPS) is 10.9. The van der Waals surface area contributed by atoms with Crippen molar-refractivity contribution in [1.82, 2.24) is 4.98 Å². The van der Waals surface area contributed by atoms with Gasteiger partial charge in [0.2, 0.25) is 5.91 Å². The Bertz CT molecular complexity index is 527. The molecule has 2 rings (SSSR count). The van der Waals surface area contributed by atoms with Gasteiger partial charge >= 0.3 is 0 Å². The van der Waals surface area contributed by atoms with Crippen LogP contribution in [0.5, 0.6) is 0 Å². The van der Waals surface area contributed by atoms with Crippen molar-refractivity contribution in [3.63, 3.8) is 0 Å². The maximum Gasteiger partial charge on any atom is 0.241 e. The second kappa shape index (κ2) is 3.92. The van der Waals surface area contributed by atoms with Gasteiger partial charge in [-0.15, -0.1) is 0 Å². The van der Waals surface area contributed by atoms with E-state index in [0.29, 0.717) is 0 Å². The first-order valence-corrected chi connectivity index (χ1v) is 4.58. The zero-order valence-corrected chi connectivity index (χ0v) is 8.05. The largest absolute Gasteiger partial charge is 0.366 e. The lowest BCUT2D eigenvalue weighted by Crippen LogP contribution is -2.05. The molecule has 0 aliphatic heterocycles. The van der Waals surface area contributed by atoms with E-state index in [1.54, 1.807) is 12.3 Å². The van der Waals surface area contributed by atoms with Gasteiger partial charge < -0.3 is 5.73 Å². The van der Waals surface area contributed by atoms with Gasteiger partial charge in [0.05, 0.1) is 5.52 Å². The predicted molar refractivity (Wildman–Crippen MR) is 60.0 cm³/mol. The van der Waals surface area contributed by atoms with Crippen molar-refractivity contribution >= 4 is 22.9 Å². The average Bonchev–Trinajstić information content (AvgIpc) is 2.26. The molecule has 0 radical (unpaired) electrons. The summed E-state index contributed by atoms with van der Waals surface area (Å²) in [6.45, 7) is 0. The topological polar surface area (TPSA) is 56.0 Å². The van der Waals surface area contributed by atoms with Gasteiger partial charge in [0.15, 0.2) is 0 Å². The number of pyridine rings is 1. The van der Waals surface area contributed by atoms with Crippen molar-refractivity contribution in [3.05, 3.63) is 48.2 Å². The number of primary amides is 1. The average molecular weight is 198 g/mol. The molecule has 0 fully saturated rings. The number of aromatic nitrogens is 1. The SMILES string of the molecule is NC(=O)C=Cc1ccnc2ccccc12. The highest BCUT2D eigenvalue weighted by Crippen LogP contribution is 2.16. The summed E-state index contributed by atoms with van der Waals surface area (Å²) in [5.74, 6) is -0.448. The Hall–Kier alpha value is -2.16. The number of carbonyl (C=O) groups is 1. The van der Waals surface area contributed by atoms with Crippen LogP contribution in [-0.4, -0.2) is 10.9 Å². The first kappa shape index (κ1) is 9.40. The Morgan fingerprint density at radius 1 is 1.27 bits per heavy atom. The molecule has 0 aliphatic rings. The van der Waals surface area contributed by atoms with Crippen LogP contribution in [0.15, 0.2) is 42.6 Å². The number of carbonyl (C=O) groups excluding carboxylic acids is 1. The summed E-state index contributed by atoms with van der Waals surface area (Å²) in [4.78, 5) is 14.8. The molecule has 74 valence electrons. The Morgan fingerprint density at radius 3 is 2.87 bits per heavy atom. The van der Waals surface area contributed by atoms with E-state index in [1.807, 2.05) is 30.3 Å². The third kappa shape index (κ3) is 2.02. The Morgan fingerprint density at radius 2 is 2.07 bits per heavy atom. The fourth-order valence-electron chi connectivity index (χ4n) is 1.44. The Kier molecular flexibility index (Phi) is 2.46. The standard InChI is InChI=1S/C12H10N2O/c13-12(15)6-5-9-7-8-14-11-4-2-1-3-10(9)11/h1-8H,(H2,13,15). The van der Waals surface area contributed by atoms with E-state index in [0.717, 1.165) is 16.5 Å². The summed E-state index contributed by atoms with van der Waals surface area (Å²) >= 11 is 0. The zero-order valence-electron chi connectivity index (χ0n) is 8.05. The van der Waals surface area contributed by atoms with Gasteiger partial charge in [0, 0.05) is 17.7 Å². The van der Waals surface area contributed by atoms with Gasteiger partial charge in [-0.2, -0.15) is 0 Å². The molecule has 1 heterocycles. The van der Waals surface area contributed by atoms with Crippen LogP contribution >= 0.6 is 0 Å². The molecule has 1 aromatic carbocycles. The minimum Gasteiger partial charge on any atom is -0.366 e. The van der Waals surface area contributed by atoms with Crippen molar-refractivity contribution in [2.24, 2.45) is 5.73 Å². The molecule has 0 unspecified atom stereocenters. The van der Waals surface area contributed by atoms with E-state index < -0.39 is 5.91 Å². The van der Waals surface area contributed by atoms with Crippen LogP contribution in [0.1, 0.15) is 5.56 Å². The third-order valence-corrected chi connectivity index (χ3v) is 2.11. The highest BCUT2D eigenvalue weighted by molar-refractivity contribution is 5.94. The second-order valence-corrected chi connectivity index (χ2v) is 3.15. The number of rotatable bonds is 2. The van der Waals surface area contributed by atoms with E-state index in [1.165, 1.54) is 6.08 Å². The number of amides is 1. The molecule has 2 N–H and O–H groups in total. The quantitative estimate of drug-likeness (QED) is 0.747. The van der Waals surface area contributed by atoms with Crippen molar-refractivity contribution in [2.75, 3.05) is 0 Å². The molecule has 3 heteroatoms. The van der Waals surface area contributed by atoms with E-state index in [9.17, 15) is 4.79 Å². The molecule has 2 aromatic rings. The number of para-hydroxylation sites is 1. The molecule has 0 aliphatic carbocycles. The molecule has 1 aromatic heterocycles.